The minimum Gasteiger partial charge on any atom is -0.312 e. The number of benzene rings is 1. The number of nitrogens with zero attached hydrogens (tertiary/aromatic N) is 5. The van der Waals surface area contributed by atoms with E-state index in [1.165, 1.54) is 11.6 Å². The monoisotopic (exact) mass is 417 g/mol. The van der Waals surface area contributed by atoms with Crippen LogP contribution >= 0.6 is 11.6 Å². The molecule has 3 N–H and O–H groups in total. The molecule has 0 saturated heterocycles. The van der Waals surface area contributed by atoms with E-state index in [4.69, 9.17) is 17.4 Å². The summed E-state index contributed by atoms with van der Waals surface area (Å²) in [6.07, 6.45) is 0. The molecule has 1 amide bonds. The van der Waals surface area contributed by atoms with Crippen LogP contribution in [0.5, 0.6) is 0 Å². The lowest BCUT2D eigenvalue weighted by atomic mass is 10.1. The molecular weight excluding hydrogens is 398 g/mol. The molecule has 0 spiro atoms. The zero-order valence-electron chi connectivity index (χ0n) is 15.9. The standard InChI is InChI=1S/C18H20ClN7O3/c1-10-7-24(12-5-3-4-11(19)6-12)17-21-15-14(25(17)8-10)16(28)26(9-13(27)22-20)18(29)23(15)2/h3-6,10H,7-9,20H2,1-2H3,(H,22,27)/t10-/m0/s1. The van der Waals surface area contributed by atoms with Gasteiger partial charge in [0.25, 0.3) is 11.5 Å². The third kappa shape index (κ3) is 3.10. The topological polar surface area (TPSA) is 120 Å². The molecule has 0 saturated carbocycles. The average molecular weight is 418 g/mol. The molecule has 0 bridgehead atoms. The van der Waals surface area contributed by atoms with E-state index < -0.39 is 23.7 Å². The van der Waals surface area contributed by atoms with Gasteiger partial charge < -0.3 is 9.47 Å². The van der Waals surface area contributed by atoms with Gasteiger partial charge in [-0.2, -0.15) is 4.98 Å². The second kappa shape index (κ2) is 7.05. The van der Waals surface area contributed by atoms with Crippen molar-refractivity contribution in [3.8, 4) is 0 Å². The number of anilines is 2. The SMILES string of the molecule is C[C@H]1CN(c2cccc(Cl)c2)c2nc3c(c(=O)n(CC(=O)NN)c(=O)n3C)n2C1. The first-order valence-electron chi connectivity index (χ1n) is 9.04. The molecule has 3 heterocycles. The highest BCUT2D eigenvalue weighted by Crippen LogP contribution is 2.33. The second-order valence-corrected chi connectivity index (χ2v) is 7.63. The van der Waals surface area contributed by atoms with Crippen molar-refractivity contribution in [2.75, 3.05) is 11.4 Å². The quantitative estimate of drug-likeness (QED) is 0.360. The molecular formula is C18H20ClN7O3. The number of rotatable bonds is 3. The van der Waals surface area contributed by atoms with E-state index in [9.17, 15) is 14.4 Å². The van der Waals surface area contributed by atoms with Crippen molar-refractivity contribution in [3.05, 3.63) is 50.1 Å². The van der Waals surface area contributed by atoms with Crippen LogP contribution in [0.2, 0.25) is 5.02 Å². The van der Waals surface area contributed by atoms with Crippen molar-refractivity contribution in [1.82, 2.24) is 24.1 Å². The Morgan fingerprint density at radius 2 is 2.10 bits per heavy atom. The van der Waals surface area contributed by atoms with Gasteiger partial charge in [-0.25, -0.2) is 15.2 Å². The van der Waals surface area contributed by atoms with Crippen LogP contribution in [0.15, 0.2) is 33.9 Å². The summed E-state index contributed by atoms with van der Waals surface area (Å²) in [5, 5.41) is 0.589. The van der Waals surface area contributed by atoms with E-state index in [1.807, 2.05) is 28.5 Å². The van der Waals surface area contributed by atoms with Crippen LogP contribution in [0.4, 0.5) is 11.6 Å². The largest absolute Gasteiger partial charge is 0.332 e. The second-order valence-electron chi connectivity index (χ2n) is 7.19. The summed E-state index contributed by atoms with van der Waals surface area (Å²) in [7, 11) is 1.52. The number of amides is 1. The van der Waals surface area contributed by atoms with Gasteiger partial charge in [-0.15, -0.1) is 0 Å². The normalized spacial score (nSPS) is 16.1. The van der Waals surface area contributed by atoms with Crippen LogP contribution < -0.4 is 27.4 Å². The molecule has 3 aromatic rings. The Hall–Kier alpha value is -3.11. The molecule has 0 unspecified atom stereocenters. The number of fused-ring (bicyclic) bond motifs is 3. The minimum absolute atomic E-state index is 0.205. The van der Waals surface area contributed by atoms with Crippen molar-refractivity contribution in [3.63, 3.8) is 0 Å². The average Bonchev–Trinajstić information content (AvgIpc) is 3.08. The number of aryl methyl sites for hydroxylation is 1. The Morgan fingerprint density at radius 1 is 1.34 bits per heavy atom. The minimum atomic E-state index is -0.643. The highest BCUT2D eigenvalue weighted by molar-refractivity contribution is 6.30. The number of carbonyl (C=O) groups excluding carboxylic acids is 1. The van der Waals surface area contributed by atoms with Gasteiger partial charge in [-0.05, 0) is 24.1 Å². The summed E-state index contributed by atoms with van der Waals surface area (Å²) in [6, 6.07) is 7.37. The summed E-state index contributed by atoms with van der Waals surface area (Å²) in [5.74, 6) is 5.23. The van der Waals surface area contributed by atoms with Crippen LogP contribution in [0.3, 0.4) is 0 Å². The predicted molar refractivity (Wildman–Crippen MR) is 109 cm³/mol. The van der Waals surface area contributed by atoms with Gasteiger partial charge >= 0.3 is 5.69 Å². The molecule has 0 radical (unpaired) electrons. The number of imidazole rings is 1. The van der Waals surface area contributed by atoms with E-state index in [-0.39, 0.29) is 17.1 Å². The first-order chi connectivity index (χ1) is 13.8. The number of carbonyl (C=O) groups is 1. The van der Waals surface area contributed by atoms with Crippen molar-refractivity contribution in [2.24, 2.45) is 18.8 Å². The molecule has 4 rings (SSSR count). The number of hydrogen-bond donors (Lipinski definition) is 2. The third-order valence-electron chi connectivity index (χ3n) is 5.02. The molecule has 0 aliphatic carbocycles. The molecule has 152 valence electrons. The molecule has 10 nitrogen and oxygen atoms in total. The lowest BCUT2D eigenvalue weighted by molar-refractivity contribution is -0.121. The van der Waals surface area contributed by atoms with Gasteiger partial charge in [0.05, 0.1) is 0 Å². The fourth-order valence-corrected chi connectivity index (χ4v) is 3.88. The number of hydrazine groups is 1. The number of nitrogens with one attached hydrogen (secondary N) is 1. The van der Waals surface area contributed by atoms with Crippen LogP contribution in [-0.4, -0.2) is 31.1 Å². The number of nitrogens with two attached hydrogens (primary N) is 1. The van der Waals surface area contributed by atoms with Crippen molar-refractivity contribution in [1.29, 1.82) is 0 Å². The zero-order valence-corrected chi connectivity index (χ0v) is 16.7. The first-order valence-corrected chi connectivity index (χ1v) is 9.42. The molecule has 1 aliphatic rings. The van der Waals surface area contributed by atoms with Crippen molar-refractivity contribution >= 4 is 40.3 Å². The Kier molecular flexibility index (Phi) is 4.67. The summed E-state index contributed by atoms with van der Waals surface area (Å²) >= 11 is 6.16. The lowest BCUT2D eigenvalue weighted by Gasteiger charge is -2.33. The van der Waals surface area contributed by atoms with E-state index in [2.05, 4.69) is 11.9 Å². The van der Waals surface area contributed by atoms with Gasteiger partial charge in [0.1, 0.15) is 6.54 Å². The maximum absolute atomic E-state index is 13.1. The smallest absolute Gasteiger partial charge is 0.312 e. The molecule has 2 aromatic heterocycles. The van der Waals surface area contributed by atoms with E-state index in [0.29, 0.717) is 24.1 Å². The summed E-state index contributed by atoms with van der Waals surface area (Å²) in [5.41, 5.74) is 2.10. The fourth-order valence-electron chi connectivity index (χ4n) is 3.70. The molecule has 11 heteroatoms. The highest BCUT2D eigenvalue weighted by Gasteiger charge is 2.30. The first kappa shape index (κ1) is 19.2. The molecule has 0 fully saturated rings. The Balaban J connectivity index is 1.99. The fraction of sp³-hybridized carbons (Fsp3) is 0.333. The number of aromatic nitrogens is 4. The Bertz CT molecular complexity index is 1240. The number of hydrogen-bond acceptors (Lipinski definition) is 6. The van der Waals surface area contributed by atoms with Gasteiger partial charge in [0.15, 0.2) is 11.2 Å². The zero-order chi connectivity index (χ0) is 20.9. The molecule has 1 aromatic carbocycles. The maximum atomic E-state index is 13.1. The summed E-state index contributed by atoms with van der Waals surface area (Å²) < 4.78 is 3.93. The molecule has 29 heavy (non-hydrogen) atoms. The Morgan fingerprint density at radius 3 is 2.79 bits per heavy atom. The van der Waals surface area contributed by atoms with E-state index in [0.717, 1.165) is 10.3 Å². The van der Waals surface area contributed by atoms with Gasteiger partial charge in [0.2, 0.25) is 5.95 Å². The Labute approximate surface area is 170 Å². The van der Waals surface area contributed by atoms with Gasteiger partial charge in [-0.1, -0.05) is 24.6 Å². The van der Waals surface area contributed by atoms with Gasteiger partial charge in [0, 0.05) is 30.8 Å². The van der Waals surface area contributed by atoms with E-state index in [1.54, 1.807) is 10.6 Å². The van der Waals surface area contributed by atoms with E-state index >= 15 is 0 Å². The van der Waals surface area contributed by atoms with Crippen LogP contribution in [0, 0.1) is 5.92 Å². The van der Waals surface area contributed by atoms with Crippen molar-refractivity contribution in [2.45, 2.75) is 20.0 Å². The van der Waals surface area contributed by atoms with Gasteiger partial charge in [-0.3, -0.25) is 19.6 Å². The van der Waals surface area contributed by atoms with Crippen LogP contribution in [0.25, 0.3) is 11.2 Å². The summed E-state index contributed by atoms with van der Waals surface area (Å²) in [6.45, 7) is 2.83. The predicted octanol–water partition coefficient (Wildman–Crippen LogP) is 0.328. The van der Waals surface area contributed by atoms with Crippen LogP contribution in [0.1, 0.15) is 6.92 Å². The maximum Gasteiger partial charge on any atom is 0.332 e. The van der Waals surface area contributed by atoms with Crippen molar-refractivity contribution < 1.29 is 4.79 Å². The third-order valence-corrected chi connectivity index (χ3v) is 5.26. The lowest BCUT2D eigenvalue weighted by Crippen LogP contribution is -2.45. The molecule has 1 atom stereocenters. The number of halogens is 1. The summed E-state index contributed by atoms with van der Waals surface area (Å²) in [4.78, 5) is 44.0. The van der Waals surface area contributed by atoms with Crippen LogP contribution in [-0.2, 0) is 24.9 Å². The molecule has 1 aliphatic heterocycles. The highest BCUT2D eigenvalue weighted by atomic mass is 35.5.